The molecule has 0 amide bonds. The van der Waals surface area contributed by atoms with E-state index in [1.54, 1.807) is 16.4 Å². The Hall–Kier alpha value is -2.29. The van der Waals surface area contributed by atoms with E-state index in [-0.39, 0.29) is 0 Å². The fourth-order valence-electron chi connectivity index (χ4n) is 2.72. The lowest BCUT2D eigenvalue weighted by Crippen LogP contribution is -2.17. The third-order valence-electron chi connectivity index (χ3n) is 3.94. The van der Waals surface area contributed by atoms with Gasteiger partial charge in [0, 0.05) is 18.8 Å². The molecule has 0 aliphatic carbocycles. The summed E-state index contributed by atoms with van der Waals surface area (Å²) in [4.78, 5) is 0. The van der Waals surface area contributed by atoms with E-state index in [0.29, 0.717) is 36.3 Å². The summed E-state index contributed by atoms with van der Waals surface area (Å²) in [6, 6.07) is 13.7. The summed E-state index contributed by atoms with van der Waals surface area (Å²) in [6.07, 6.45) is 0. The number of thioether (sulfide) groups is 1. The number of ether oxygens (including phenoxy) is 2. The third-order valence-corrected chi connectivity index (χ3v) is 5.14. The molecular formula is C20H24ClN5O2S. The minimum Gasteiger partial charge on any atom is -0.490 e. The fourth-order valence-corrected chi connectivity index (χ4v) is 3.79. The van der Waals surface area contributed by atoms with E-state index in [1.165, 1.54) is 0 Å². The van der Waals surface area contributed by atoms with Crippen LogP contribution < -0.4 is 14.8 Å². The molecule has 29 heavy (non-hydrogen) atoms. The lowest BCUT2D eigenvalue weighted by atomic mass is 10.2. The highest BCUT2D eigenvalue weighted by atomic mass is 35.5. The first-order valence-electron chi connectivity index (χ1n) is 9.48. The van der Waals surface area contributed by atoms with Crippen LogP contribution in [0.3, 0.4) is 0 Å². The highest BCUT2D eigenvalue weighted by molar-refractivity contribution is 7.99. The Morgan fingerprint density at radius 2 is 1.90 bits per heavy atom. The Kier molecular flexibility index (Phi) is 8.15. The van der Waals surface area contributed by atoms with Crippen LogP contribution in [0.15, 0.2) is 47.6 Å². The predicted molar refractivity (Wildman–Crippen MR) is 115 cm³/mol. The number of nitrogens with zero attached hydrogens (tertiary/aromatic N) is 4. The lowest BCUT2D eigenvalue weighted by molar-refractivity contribution is 0.287. The average molecular weight is 434 g/mol. The lowest BCUT2D eigenvalue weighted by Gasteiger charge is -2.14. The molecule has 0 aliphatic heterocycles. The second-order valence-electron chi connectivity index (χ2n) is 6.00. The van der Waals surface area contributed by atoms with Crippen molar-refractivity contribution >= 4 is 23.4 Å². The van der Waals surface area contributed by atoms with E-state index in [2.05, 4.69) is 20.8 Å². The van der Waals surface area contributed by atoms with Crippen molar-refractivity contribution in [2.24, 2.45) is 0 Å². The Morgan fingerprint density at radius 1 is 1.10 bits per heavy atom. The van der Waals surface area contributed by atoms with Crippen molar-refractivity contribution in [2.45, 2.75) is 25.5 Å². The van der Waals surface area contributed by atoms with Gasteiger partial charge in [-0.2, -0.15) is 4.68 Å². The number of rotatable bonds is 11. The van der Waals surface area contributed by atoms with Gasteiger partial charge in [-0.05, 0) is 54.1 Å². The molecule has 0 saturated carbocycles. The number of nitrogens with one attached hydrogen (secondary N) is 1. The number of halogens is 1. The van der Waals surface area contributed by atoms with Gasteiger partial charge >= 0.3 is 0 Å². The van der Waals surface area contributed by atoms with Gasteiger partial charge in [0.25, 0.3) is 0 Å². The zero-order valence-electron chi connectivity index (χ0n) is 16.5. The molecule has 0 aliphatic rings. The van der Waals surface area contributed by atoms with Crippen LogP contribution in [0, 0.1) is 0 Å². The average Bonchev–Trinajstić information content (AvgIpc) is 3.20. The van der Waals surface area contributed by atoms with Crippen molar-refractivity contribution < 1.29 is 9.47 Å². The molecule has 1 heterocycles. The quantitative estimate of drug-likeness (QED) is 0.362. The van der Waals surface area contributed by atoms with Gasteiger partial charge in [-0.1, -0.05) is 41.6 Å². The summed E-state index contributed by atoms with van der Waals surface area (Å²) in [5.41, 5.74) is 1.99. The van der Waals surface area contributed by atoms with Gasteiger partial charge in [-0.3, -0.25) is 0 Å². The largest absolute Gasteiger partial charge is 0.490 e. The minimum atomic E-state index is 0.539. The van der Waals surface area contributed by atoms with E-state index >= 15 is 0 Å². The molecule has 7 nitrogen and oxygen atoms in total. The number of aromatic nitrogens is 4. The van der Waals surface area contributed by atoms with E-state index in [9.17, 15) is 0 Å². The van der Waals surface area contributed by atoms with Crippen LogP contribution >= 0.6 is 23.4 Å². The molecule has 0 spiro atoms. The van der Waals surface area contributed by atoms with Crippen LogP contribution in [0.25, 0.3) is 5.69 Å². The molecule has 0 atom stereocenters. The van der Waals surface area contributed by atoms with Crippen LogP contribution in [-0.4, -0.2) is 45.7 Å². The molecule has 0 bridgehead atoms. The molecule has 2 aromatic carbocycles. The van der Waals surface area contributed by atoms with Gasteiger partial charge in [-0.15, -0.1) is 5.10 Å². The van der Waals surface area contributed by atoms with E-state index in [1.807, 2.05) is 56.3 Å². The molecule has 0 unspecified atom stereocenters. The number of para-hydroxylation sites is 1. The van der Waals surface area contributed by atoms with Crippen LogP contribution in [0.2, 0.25) is 5.02 Å². The summed E-state index contributed by atoms with van der Waals surface area (Å²) in [7, 11) is 0. The smallest absolute Gasteiger partial charge is 0.214 e. The number of hydrogen-bond acceptors (Lipinski definition) is 7. The summed E-state index contributed by atoms with van der Waals surface area (Å²) in [6.45, 7) is 6.43. The SMILES string of the molecule is CCOc1cc(CNCCSc2nnnn2-c2ccccc2)cc(Cl)c1OCC. The fraction of sp³-hybridized carbons (Fsp3) is 0.350. The van der Waals surface area contributed by atoms with Crippen molar-refractivity contribution in [3.05, 3.63) is 53.1 Å². The minimum absolute atomic E-state index is 0.539. The van der Waals surface area contributed by atoms with E-state index in [4.69, 9.17) is 21.1 Å². The van der Waals surface area contributed by atoms with Crippen LogP contribution in [0.1, 0.15) is 19.4 Å². The number of tetrazole rings is 1. The molecule has 1 aromatic heterocycles. The Labute approximate surface area is 179 Å². The van der Waals surface area contributed by atoms with Crippen molar-refractivity contribution in [3.63, 3.8) is 0 Å². The molecule has 3 rings (SSSR count). The zero-order valence-corrected chi connectivity index (χ0v) is 18.0. The van der Waals surface area contributed by atoms with Crippen molar-refractivity contribution in [3.8, 4) is 17.2 Å². The molecule has 3 aromatic rings. The molecule has 154 valence electrons. The molecule has 1 N–H and O–H groups in total. The van der Waals surface area contributed by atoms with Gasteiger partial charge in [0.2, 0.25) is 5.16 Å². The summed E-state index contributed by atoms with van der Waals surface area (Å²) in [5, 5.41) is 16.7. The Bertz CT molecular complexity index is 907. The summed E-state index contributed by atoms with van der Waals surface area (Å²) < 4.78 is 13.0. The highest BCUT2D eigenvalue weighted by Crippen LogP contribution is 2.36. The third kappa shape index (κ3) is 5.85. The Balaban J connectivity index is 1.52. The van der Waals surface area contributed by atoms with Crippen molar-refractivity contribution in [2.75, 3.05) is 25.5 Å². The number of hydrogen-bond donors (Lipinski definition) is 1. The standard InChI is InChI=1S/C20H24ClN5O2S/c1-3-27-18-13-15(12-17(21)19(18)28-4-2)14-22-10-11-29-20-23-24-25-26(20)16-8-6-5-7-9-16/h5-9,12-13,22H,3-4,10-11,14H2,1-2H3. The maximum Gasteiger partial charge on any atom is 0.214 e. The highest BCUT2D eigenvalue weighted by Gasteiger charge is 2.12. The van der Waals surface area contributed by atoms with Crippen LogP contribution in [-0.2, 0) is 6.54 Å². The molecular weight excluding hydrogens is 410 g/mol. The van der Waals surface area contributed by atoms with Crippen molar-refractivity contribution in [1.29, 1.82) is 0 Å². The predicted octanol–water partition coefficient (Wildman–Crippen LogP) is 4.00. The van der Waals surface area contributed by atoms with Crippen LogP contribution in [0.4, 0.5) is 0 Å². The molecule has 0 radical (unpaired) electrons. The monoisotopic (exact) mass is 433 g/mol. The zero-order chi connectivity index (χ0) is 20.5. The first-order chi connectivity index (χ1) is 14.2. The summed E-state index contributed by atoms with van der Waals surface area (Å²) in [5.74, 6) is 2.11. The topological polar surface area (TPSA) is 74.1 Å². The summed E-state index contributed by atoms with van der Waals surface area (Å²) >= 11 is 7.97. The second kappa shape index (κ2) is 11.0. The number of benzene rings is 2. The van der Waals surface area contributed by atoms with Gasteiger partial charge in [0.1, 0.15) is 0 Å². The Morgan fingerprint density at radius 3 is 2.66 bits per heavy atom. The second-order valence-corrected chi connectivity index (χ2v) is 7.47. The molecule has 0 fully saturated rings. The molecule has 9 heteroatoms. The maximum atomic E-state index is 6.37. The molecule has 0 saturated heterocycles. The first kappa shape index (κ1) is 21.4. The van der Waals surface area contributed by atoms with E-state index in [0.717, 1.165) is 28.7 Å². The van der Waals surface area contributed by atoms with Gasteiger partial charge < -0.3 is 14.8 Å². The normalized spacial score (nSPS) is 10.9. The van der Waals surface area contributed by atoms with Gasteiger partial charge in [0.05, 0.1) is 23.9 Å². The van der Waals surface area contributed by atoms with Crippen LogP contribution in [0.5, 0.6) is 11.5 Å². The van der Waals surface area contributed by atoms with E-state index < -0.39 is 0 Å². The van der Waals surface area contributed by atoms with Gasteiger partial charge in [-0.25, -0.2) is 0 Å². The first-order valence-corrected chi connectivity index (χ1v) is 10.8. The van der Waals surface area contributed by atoms with Gasteiger partial charge in [0.15, 0.2) is 11.5 Å². The van der Waals surface area contributed by atoms with Crippen molar-refractivity contribution in [1.82, 2.24) is 25.5 Å². The maximum absolute atomic E-state index is 6.37.